The number of piperazine rings is 1. The molecular weight excluding hydrogens is 484 g/mol. The predicted octanol–water partition coefficient (Wildman–Crippen LogP) is 3.12. The highest BCUT2D eigenvalue weighted by Crippen LogP contribution is 2.36. The summed E-state index contributed by atoms with van der Waals surface area (Å²) in [5, 5.41) is 7.44. The maximum Gasteiger partial charge on any atom is 0.416 e. The van der Waals surface area contributed by atoms with Gasteiger partial charge < -0.3 is 19.9 Å². The van der Waals surface area contributed by atoms with Crippen molar-refractivity contribution in [1.82, 2.24) is 24.9 Å². The van der Waals surface area contributed by atoms with Crippen LogP contribution in [0.1, 0.15) is 32.9 Å². The topological polar surface area (TPSA) is 79.7 Å². The van der Waals surface area contributed by atoms with Gasteiger partial charge in [-0.15, -0.1) is 0 Å². The van der Waals surface area contributed by atoms with Crippen LogP contribution in [0.25, 0.3) is 0 Å². The van der Waals surface area contributed by atoms with Gasteiger partial charge in [0.05, 0.1) is 29.9 Å². The summed E-state index contributed by atoms with van der Waals surface area (Å²) in [6, 6.07) is 2.60. The molecule has 2 aliphatic heterocycles. The molecule has 8 nitrogen and oxygen atoms in total. The number of ether oxygens (including phenoxy) is 1. The van der Waals surface area contributed by atoms with Crippen molar-refractivity contribution in [2.75, 3.05) is 32.7 Å². The van der Waals surface area contributed by atoms with Gasteiger partial charge in [0.1, 0.15) is 6.61 Å². The molecule has 2 aliphatic rings. The first kappa shape index (κ1) is 24.8. The number of carbonyl (C=O) groups is 2. The van der Waals surface area contributed by atoms with Crippen LogP contribution in [0.5, 0.6) is 0 Å². The van der Waals surface area contributed by atoms with Gasteiger partial charge in [-0.3, -0.25) is 9.48 Å². The lowest BCUT2D eigenvalue weighted by Crippen LogP contribution is -2.46. The maximum atomic E-state index is 13.0. The van der Waals surface area contributed by atoms with Crippen molar-refractivity contribution in [2.24, 2.45) is 0 Å². The number of amides is 2. The van der Waals surface area contributed by atoms with Gasteiger partial charge in [0, 0.05) is 32.7 Å². The van der Waals surface area contributed by atoms with Crippen LogP contribution in [0, 0.1) is 0 Å². The van der Waals surface area contributed by atoms with E-state index in [1.165, 1.54) is 4.90 Å². The zero-order chi connectivity index (χ0) is 25.4. The first-order valence-corrected chi connectivity index (χ1v) is 10.7. The first-order chi connectivity index (χ1) is 16.4. The van der Waals surface area contributed by atoms with Gasteiger partial charge in [-0.2, -0.15) is 31.4 Å². The minimum Gasteiger partial charge on any atom is -0.445 e. The molecule has 0 bridgehead atoms. The van der Waals surface area contributed by atoms with Crippen LogP contribution in [0.3, 0.4) is 0 Å². The van der Waals surface area contributed by atoms with E-state index in [-0.39, 0.29) is 37.3 Å². The summed E-state index contributed by atoms with van der Waals surface area (Å²) < 4.78 is 84.7. The quantitative estimate of drug-likeness (QED) is 0.649. The van der Waals surface area contributed by atoms with E-state index >= 15 is 0 Å². The van der Waals surface area contributed by atoms with Gasteiger partial charge in [0.15, 0.2) is 5.69 Å². The van der Waals surface area contributed by atoms with Gasteiger partial charge in [-0.05, 0) is 29.8 Å². The third-order valence-corrected chi connectivity index (χ3v) is 5.69. The molecule has 0 radical (unpaired) electrons. The number of hydrogen-bond acceptors (Lipinski definition) is 5. The molecule has 0 saturated carbocycles. The van der Waals surface area contributed by atoms with Crippen LogP contribution in [0.15, 0.2) is 24.3 Å². The summed E-state index contributed by atoms with van der Waals surface area (Å²) >= 11 is 0. The number of alkyl halides is 6. The van der Waals surface area contributed by atoms with Gasteiger partial charge in [-0.1, -0.05) is 0 Å². The summed E-state index contributed by atoms with van der Waals surface area (Å²) in [5.74, 6) is -0.229. The second-order valence-electron chi connectivity index (χ2n) is 8.18. The normalized spacial score (nSPS) is 16.7. The van der Waals surface area contributed by atoms with E-state index in [1.807, 2.05) is 0 Å². The SMILES string of the molecule is O=C(OCc1cc(C(F)(F)F)cc(C(F)(F)F)c1)N1CCn2nc(C(=O)N3CCNCC3)cc2C1. The van der Waals surface area contributed by atoms with Crippen LogP contribution in [0.2, 0.25) is 0 Å². The minimum absolute atomic E-state index is 0.0103. The number of rotatable bonds is 3. The van der Waals surface area contributed by atoms with Crippen molar-refractivity contribution in [2.45, 2.75) is 32.0 Å². The van der Waals surface area contributed by atoms with E-state index in [4.69, 9.17) is 4.74 Å². The number of nitrogens with one attached hydrogen (secondary N) is 1. The molecule has 190 valence electrons. The predicted molar refractivity (Wildman–Crippen MR) is 108 cm³/mol. The second kappa shape index (κ2) is 9.40. The number of halogens is 6. The minimum atomic E-state index is -4.99. The summed E-state index contributed by atoms with van der Waals surface area (Å²) in [6.07, 6.45) is -10.9. The Morgan fingerprint density at radius 1 is 0.886 bits per heavy atom. The molecule has 1 saturated heterocycles. The highest BCUT2D eigenvalue weighted by Gasteiger charge is 2.37. The number of carbonyl (C=O) groups excluding carboxylic acids is 2. The molecule has 2 aromatic rings. The van der Waals surface area contributed by atoms with E-state index < -0.39 is 41.7 Å². The fraction of sp³-hybridized carbons (Fsp3) is 0.476. The molecule has 3 heterocycles. The Hall–Kier alpha value is -3.29. The lowest BCUT2D eigenvalue weighted by atomic mass is 10.1. The number of fused-ring (bicyclic) bond motifs is 1. The van der Waals surface area contributed by atoms with Crippen LogP contribution in [-0.2, 0) is 36.8 Å². The van der Waals surface area contributed by atoms with Crippen LogP contribution in [-0.4, -0.2) is 64.3 Å². The first-order valence-electron chi connectivity index (χ1n) is 10.7. The summed E-state index contributed by atoms with van der Waals surface area (Å²) in [4.78, 5) is 28.0. The number of benzene rings is 1. The van der Waals surface area contributed by atoms with E-state index in [0.29, 0.717) is 44.0 Å². The second-order valence-corrected chi connectivity index (χ2v) is 8.18. The number of aromatic nitrogens is 2. The van der Waals surface area contributed by atoms with E-state index in [1.54, 1.807) is 15.6 Å². The van der Waals surface area contributed by atoms with Gasteiger partial charge >= 0.3 is 18.4 Å². The van der Waals surface area contributed by atoms with Gasteiger partial charge in [0.25, 0.3) is 5.91 Å². The van der Waals surface area contributed by atoms with E-state index in [0.717, 1.165) is 0 Å². The van der Waals surface area contributed by atoms with Crippen LogP contribution in [0.4, 0.5) is 31.1 Å². The van der Waals surface area contributed by atoms with Gasteiger partial charge in [0.2, 0.25) is 0 Å². The fourth-order valence-corrected chi connectivity index (χ4v) is 3.90. The molecule has 0 unspecified atom stereocenters. The Balaban J connectivity index is 1.41. The third-order valence-electron chi connectivity index (χ3n) is 5.69. The molecule has 1 N–H and O–H groups in total. The summed E-state index contributed by atoms with van der Waals surface area (Å²) in [6.45, 7) is 2.10. The van der Waals surface area contributed by atoms with Gasteiger partial charge in [-0.25, -0.2) is 4.79 Å². The molecular formula is C21H21F6N5O3. The van der Waals surface area contributed by atoms with E-state index in [2.05, 4.69) is 10.4 Å². The van der Waals surface area contributed by atoms with Crippen molar-refractivity contribution in [1.29, 1.82) is 0 Å². The van der Waals surface area contributed by atoms with Crippen molar-refractivity contribution >= 4 is 12.0 Å². The molecule has 0 spiro atoms. The molecule has 1 aromatic heterocycles. The van der Waals surface area contributed by atoms with Crippen molar-refractivity contribution in [3.63, 3.8) is 0 Å². The zero-order valence-corrected chi connectivity index (χ0v) is 18.2. The molecule has 0 atom stereocenters. The molecule has 14 heteroatoms. The molecule has 2 amide bonds. The number of hydrogen-bond donors (Lipinski definition) is 1. The highest BCUT2D eigenvalue weighted by molar-refractivity contribution is 5.92. The van der Waals surface area contributed by atoms with Crippen LogP contribution < -0.4 is 5.32 Å². The lowest BCUT2D eigenvalue weighted by Gasteiger charge is -2.27. The molecule has 35 heavy (non-hydrogen) atoms. The Bertz CT molecular complexity index is 1080. The summed E-state index contributed by atoms with van der Waals surface area (Å²) in [7, 11) is 0. The van der Waals surface area contributed by atoms with Crippen molar-refractivity contribution < 1.29 is 40.7 Å². The van der Waals surface area contributed by atoms with E-state index in [9.17, 15) is 35.9 Å². The van der Waals surface area contributed by atoms with Crippen molar-refractivity contribution in [3.05, 3.63) is 52.3 Å². The lowest BCUT2D eigenvalue weighted by molar-refractivity contribution is -0.143. The highest BCUT2D eigenvalue weighted by atomic mass is 19.4. The molecule has 0 aliphatic carbocycles. The summed E-state index contributed by atoms with van der Waals surface area (Å²) in [5.41, 5.74) is -2.61. The Morgan fingerprint density at radius 3 is 2.11 bits per heavy atom. The van der Waals surface area contributed by atoms with Crippen LogP contribution >= 0.6 is 0 Å². The standard InChI is InChI=1S/C21H21F6N5O3/c22-20(23,24)14-7-13(8-15(9-14)21(25,26)27)12-35-19(34)31-5-6-32-16(11-31)10-17(29-32)18(33)30-3-1-28-2-4-30/h7-10,28H,1-6,11-12H2. The maximum absolute atomic E-state index is 13.0. The van der Waals surface area contributed by atoms with Crippen molar-refractivity contribution in [3.8, 4) is 0 Å². The molecule has 4 rings (SSSR count). The largest absolute Gasteiger partial charge is 0.445 e. The molecule has 1 aromatic carbocycles. The average Bonchev–Trinajstić information content (AvgIpc) is 3.24. The third kappa shape index (κ3) is 5.69. The fourth-order valence-electron chi connectivity index (χ4n) is 3.90. The molecule has 1 fully saturated rings. The Kier molecular flexibility index (Phi) is 6.66. The monoisotopic (exact) mass is 505 g/mol. The smallest absolute Gasteiger partial charge is 0.416 e. The average molecular weight is 505 g/mol. The Labute approximate surface area is 195 Å². The number of nitrogens with zero attached hydrogens (tertiary/aromatic N) is 4. The zero-order valence-electron chi connectivity index (χ0n) is 18.2. The Morgan fingerprint density at radius 2 is 1.51 bits per heavy atom.